The van der Waals surface area contributed by atoms with E-state index in [0.717, 1.165) is 18.4 Å². The second-order valence-electron chi connectivity index (χ2n) is 6.43. The van der Waals surface area contributed by atoms with Crippen molar-refractivity contribution in [3.63, 3.8) is 0 Å². The summed E-state index contributed by atoms with van der Waals surface area (Å²) < 4.78 is 0. The van der Waals surface area contributed by atoms with Crippen molar-refractivity contribution in [1.29, 1.82) is 0 Å². The van der Waals surface area contributed by atoms with Crippen LogP contribution in [0.4, 0.5) is 0 Å². The molecule has 3 rings (SSSR count). The topological polar surface area (TPSA) is 35.5 Å². The van der Waals surface area contributed by atoms with Crippen molar-refractivity contribution in [2.24, 2.45) is 11.8 Å². The van der Waals surface area contributed by atoms with Crippen LogP contribution in [0.1, 0.15) is 38.5 Å². The Kier molecular flexibility index (Phi) is 3.69. The van der Waals surface area contributed by atoms with Crippen molar-refractivity contribution in [2.45, 2.75) is 50.6 Å². The molecule has 3 nitrogen and oxygen atoms in total. The van der Waals surface area contributed by atoms with Gasteiger partial charge in [0.15, 0.2) is 0 Å². The maximum atomic E-state index is 9.46. The molecular formula is C14H26N2O. The first-order chi connectivity index (χ1) is 8.33. The van der Waals surface area contributed by atoms with E-state index < -0.39 is 0 Å². The van der Waals surface area contributed by atoms with Crippen LogP contribution in [0.3, 0.4) is 0 Å². The molecule has 0 bridgehead atoms. The number of nitrogens with zero attached hydrogens (tertiary/aromatic N) is 1. The molecule has 0 saturated heterocycles. The summed E-state index contributed by atoms with van der Waals surface area (Å²) in [6.45, 7) is 3.90. The molecule has 0 aliphatic heterocycles. The lowest BCUT2D eigenvalue weighted by Gasteiger charge is -2.27. The molecule has 3 aliphatic rings. The Bertz CT molecular complexity index is 233. The monoisotopic (exact) mass is 238 g/mol. The van der Waals surface area contributed by atoms with Crippen LogP contribution < -0.4 is 5.32 Å². The van der Waals surface area contributed by atoms with Crippen LogP contribution in [0.25, 0.3) is 0 Å². The van der Waals surface area contributed by atoms with Crippen LogP contribution in [0.15, 0.2) is 0 Å². The second-order valence-corrected chi connectivity index (χ2v) is 6.43. The number of hydrogen-bond acceptors (Lipinski definition) is 3. The van der Waals surface area contributed by atoms with E-state index in [4.69, 9.17) is 0 Å². The standard InChI is InChI=1S/C14H26N2O/c17-10-14(15-13-5-6-13)9-16(7-11-1-2-11)8-12-3-4-12/h11-15,17H,1-10H2. The van der Waals surface area contributed by atoms with E-state index in [0.29, 0.717) is 18.7 Å². The van der Waals surface area contributed by atoms with Crippen molar-refractivity contribution in [2.75, 3.05) is 26.2 Å². The number of aliphatic hydroxyl groups is 1. The van der Waals surface area contributed by atoms with Crippen molar-refractivity contribution in [3.05, 3.63) is 0 Å². The van der Waals surface area contributed by atoms with Gasteiger partial charge in [0, 0.05) is 31.7 Å². The minimum Gasteiger partial charge on any atom is -0.395 e. The molecule has 3 fully saturated rings. The third kappa shape index (κ3) is 4.23. The second kappa shape index (κ2) is 5.25. The number of rotatable bonds is 9. The van der Waals surface area contributed by atoms with Gasteiger partial charge in [-0.25, -0.2) is 0 Å². The van der Waals surface area contributed by atoms with Gasteiger partial charge in [-0.1, -0.05) is 0 Å². The molecule has 0 radical (unpaired) electrons. The van der Waals surface area contributed by atoms with Gasteiger partial charge in [-0.2, -0.15) is 0 Å². The maximum absolute atomic E-state index is 9.46. The first-order valence-electron chi connectivity index (χ1n) is 7.42. The molecule has 1 unspecified atom stereocenters. The Morgan fingerprint density at radius 2 is 1.59 bits per heavy atom. The smallest absolute Gasteiger partial charge is 0.0597 e. The minimum absolute atomic E-state index is 0.294. The lowest BCUT2D eigenvalue weighted by Crippen LogP contribution is -2.45. The summed E-state index contributed by atoms with van der Waals surface area (Å²) in [5, 5.41) is 13.0. The van der Waals surface area contributed by atoms with Crippen LogP contribution in [-0.4, -0.2) is 48.3 Å². The van der Waals surface area contributed by atoms with Crippen molar-refractivity contribution in [3.8, 4) is 0 Å². The van der Waals surface area contributed by atoms with E-state index >= 15 is 0 Å². The molecule has 2 N–H and O–H groups in total. The molecule has 1 atom stereocenters. The fraction of sp³-hybridized carbons (Fsp3) is 1.00. The van der Waals surface area contributed by atoms with Crippen molar-refractivity contribution >= 4 is 0 Å². The highest BCUT2D eigenvalue weighted by Crippen LogP contribution is 2.33. The molecule has 0 amide bonds. The van der Waals surface area contributed by atoms with Gasteiger partial charge in [-0.05, 0) is 50.4 Å². The molecule has 17 heavy (non-hydrogen) atoms. The Hall–Kier alpha value is -0.120. The highest BCUT2D eigenvalue weighted by Gasteiger charge is 2.31. The molecule has 0 aromatic heterocycles. The highest BCUT2D eigenvalue weighted by molar-refractivity contribution is 4.88. The molecule has 0 aromatic carbocycles. The molecule has 0 heterocycles. The molecule has 3 saturated carbocycles. The fourth-order valence-corrected chi connectivity index (χ4v) is 2.61. The summed E-state index contributed by atoms with van der Waals surface area (Å²) in [7, 11) is 0. The summed E-state index contributed by atoms with van der Waals surface area (Å²) in [5.74, 6) is 1.93. The van der Waals surface area contributed by atoms with Crippen LogP contribution in [0, 0.1) is 11.8 Å². The minimum atomic E-state index is 0.294. The lowest BCUT2D eigenvalue weighted by atomic mass is 10.2. The van der Waals surface area contributed by atoms with E-state index in [1.807, 2.05) is 0 Å². The van der Waals surface area contributed by atoms with E-state index in [9.17, 15) is 5.11 Å². The lowest BCUT2D eigenvalue weighted by molar-refractivity contribution is 0.171. The summed E-state index contributed by atoms with van der Waals surface area (Å²) in [4.78, 5) is 2.62. The first-order valence-corrected chi connectivity index (χ1v) is 7.42. The zero-order valence-corrected chi connectivity index (χ0v) is 10.8. The highest BCUT2D eigenvalue weighted by atomic mass is 16.3. The van der Waals surface area contributed by atoms with Gasteiger partial charge in [-0.15, -0.1) is 0 Å². The normalized spacial score (nSPS) is 26.5. The van der Waals surface area contributed by atoms with Gasteiger partial charge in [0.25, 0.3) is 0 Å². The van der Waals surface area contributed by atoms with Crippen molar-refractivity contribution < 1.29 is 5.11 Å². The van der Waals surface area contributed by atoms with Crippen molar-refractivity contribution in [1.82, 2.24) is 10.2 Å². The van der Waals surface area contributed by atoms with E-state index in [2.05, 4.69) is 10.2 Å². The SMILES string of the molecule is OCC(CN(CC1CC1)CC1CC1)NC1CC1. The molecule has 3 aliphatic carbocycles. The summed E-state index contributed by atoms with van der Waals surface area (Å²) in [5.41, 5.74) is 0. The molecule has 0 spiro atoms. The van der Waals surface area contributed by atoms with Crippen LogP contribution in [0.2, 0.25) is 0 Å². The third-order valence-electron chi connectivity index (χ3n) is 4.17. The van der Waals surface area contributed by atoms with Gasteiger partial charge < -0.3 is 15.3 Å². The predicted molar refractivity (Wildman–Crippen MR) is 68.9 cm³/mol. The molecule has 3 heteroatoms. The summed E-state index contributed by atoms with van der Waals surface area (Å²) in [6.07, 6.45) is 8.34. The Balaban J connectivity index is 1.44. The largest absolute Gasteiger partial charge is 0.395 e. The summed E-state index contributed by atoms with van der Waals surface area (Å²) in [6, 6.07) is 1.01. The molecular weight excluding hydrogens is 212 g/mol. The first kappa shape index (κ1) is 11.9. The maximum Gasteiger partial charge on any atom is 0.0597 e. The van der Waals surface area contributed by atoms with Gasteiger partial charge in [0.1, 0.15) is 0 Å². The number of aliphatic hydroxyl groups excluding tert-OH is 1. The van der Waals surface area contributed by atoms with E-state index in [-0.39, 0.29) is 0 Å². The number of nitrogens with one attached hydrogen (secondary N) is 1. The predicted octanol–water partition coefficient (Wildman–Crippen LogP) is 1.22. The molecule has 0 aromatic rings. The zero-order valence-electron chi connectivity index (χ0n) is 10.8. The quantitative estimate of drug-likeness (QED) is 0.634. The molecule has 98 valence electrons. The van der Waals surface area contributed by atoms with E-state index in [1.165, 1.54) is 51.6 Å². The number of hydrogen-bond donors (Lipinski definition) is 2. The van der Waals surface area contributed by atoms with E-state index in [1.54, 1.807) is 0 Å². The fourth-order valence-electron chi connectivity index (χ4n) is 2.61. The van der Waals surface area contributed by atoms with Gasteiger partial charge in [0.2, 0.25) is 0 Å². The Morgan fingerprint density at radius 3 is 2.00 bits per heavy atom. The zero-order chi connectivity index (χ0) is 11.7. The van der Waals surface area contributed by atoms with Crippen LogP contribution in [-0.2, 0) is 0 Å². The van der Waals surface area contributed by atoms with Crippen LogP contribution in [0.5, 0.6) is 0 Å². The van der Waals surface area contributed by atoms with Gasteiger partial charge in [0.05, 0.1) is 6.61 Å². The van der Waals surface area contributed by atoms with Crippen LogP contribution >= 0.6 is 0 Å². The van der Waals surface area contributed by atoms with Gasteiger partial charge >= 0.3 is 0 Å². The van der Waals surface area contributed by atoms with Gasteiger partial charge in [-0.3, -0.25) is 0 Å². The average Bonchev–Trinajstić information content (AvgIpc) is 3.07. The summed E-state index contributed by atoms with van der Waals surface area (Å²) >= 11 is 0. The third-order valence-corrected chi connectivity index (χ3v) is 4.17. The average molecular weight is 238 g/mol. The Morgan fingerprint density at radius 1 is 1.00 bits per heavy atom. The Labute approximate surface area is 105 Å².